The summed E-state index contributed by atoms with van der Waals surface area (Å²) in [5, 5.41) is 7.58. The fourth-order valence-electron chi connectivity index (χ4n) is 4.27. The van der Waals surface area contributed by atoms with Gasteiger partial charge in [0, 0.05) is 36.8 Å². The van der Waals surface area contributed by atoms with Crippen LogP contribution in [0.3, 0.4) is 0 Å². The van der Waals surface area contributed by atoms with Gasteiger partial charge < -0.3 is 14.7 Å². The van der Waals surface area contributed by atoms with Gasteiger partial charge in [-0.2, -0.15) is 4.98 Å². The fraction of sp³-hybridized carbons (Fsp3) is 0.619. The van der Waals surface area contributed by atoms with Gasteiger partial charge in [-0.3, -0.25) is 0 Å². The third-order valence-electron chi connectivity index (χ3n) is 5.92. The number of nitrogens with zero attached hydrogens (tertiary/aromatic N) is 3. The molecule has 0 amide bonds. The highest BCUT2D eigenvalue weighted by Gasteiger charge is 2.23. The molecule has 4 rings (SSSR count). The molecule has 0 radical (unpaired) electrons. The van der Waals surface area contributed by atoms with E-state index in [-0.39, 0.29) is 11.9 Å². The van der Waals surface area contributed by atoms with Crippen molar-refractivity contribution in [3.05, 3.63) is 41.3 Å². The lowest BCUT2D eigenvalue weighted by atomic mass is 9.89. The number of benzene rings is 1. The van der Waals surface area contributed by atoms with Gasteiger partial charge in [-0.05, 0) is 44.7 Å². The molecule has 27 heavy (non-hydrogen) atoms. The summed E-state index contributed by atoms with van der Waals surface area (Å²) in [4.78, 5) is 6.90. The van der Waals surface area contributed by atoms with E-state index in [2.05, 4.69) is 20.4 Å². The Hall–Kier alpha value is -1.95. The summed E-state index contributed by atoms with van der Waals surface area (Å²) >= 11 is 0. The Bertz CT molecular complexity index is 750. The van der Waals surface area contributed by atoms with Gasteiger partial charge in [-0.15, -0.1) is 0 Å². The molecule has 1 unspecified atom stereocenters. The Labute approximate surface area is 160 Å². The second-order valence-electron chi connectivity index (χ2n) is 7.86. The van der Waals surface area contributed by atoms with Crippen LogP contribution >= 0.6 is 0 Å². The molecule has 1 aromatic heterocycles. The number of hydrogen-bond donors (Lipinski definition) is 1. The van der Waals surface area contributed by atoms with Crippen molar-refractivity contribution in [1.82, 2.24) is 15.5 Å². The minimum Gasteiger partial charge on any atom is -0.371 e. The van der Waals surface area contributed by atoms with Crippen LogP contribution in [0, 0.1) is 5.82 Å². The van der Waals surface area contributed by atoms with Crippen molar-refractivity contribution in [2.24, 2.45) is 0 Å². The van der Waals surface area contributed by atoms with E-state index in [1.807, 2.05) is 13.0 Å². The molecular weight excluding hydrogens is 343 g/mol. The van der Waals surface area contributed by atoms with Crippen LogP contribution in [0.4, 0.5) is 10.1 Å². The number of anilines is 1. The molecule has 1 N–H and O–H groups in total. The molecule has 2 aromatic rings. The standard InChI is InChI=1S/C21H29FN4O/c1-15(21-24-20(25-27-21)16-8-3-2-4-9-16)23-14-17-18(22)10-7-11-19(17)26-12-5-6-13-26/h7,10-11,15-16,23H,2-6,8-9,12-14H2,1H3. The lowest BCUT2D eigenvalue weighted by Crippen LogP contribution is -2.24. The van der Waals surface area contributed by atoms with Crippen molar-refractivity contribution in [1.29, 1.82) is 0 Å². The van der Waals surface area contributed by atoms with E-state index in [0.717, 1.165) is 43.0 Å². The van der Waals surface area contributed by atoms with Crippen LogP contribution in [0.2, 0.25) is 0 Å². The Morgan fingerprint density at radius 2 is 1.96 bits per heavy atom. The molecule has 2 heterocycles. The highest BCUT2D eigenvalue weighted by Crippen LogP contribution is 2.31. The van der Waals surface area contributed by atoms with Gasteiger partial charge in [0.25, 0.3) is 0 Å². The molecule has 5 nitrogen and oxygen atoms in total. The molecule has 1 aliphatic carbocycles. The molecule has 1 aliphatic heterocycles. The highest BCUT2D eigenvalue weighted by molar-refractivity contribution is 5.54. The van der Waals surface area contributed by atoms with Gasteiger partial charge in [-0.25, -0.2) is 4.39 Å². The first-order valence-electron chi connectivity index (χ1n) is 10.3. The number of hydrogen-bond acceptors (Lipinski definition) is 5. The van der Waals surface area contributed by atoms with Crippen molar-refractivity contribution < 1.29 is 8.91 Å². The van der Waals surface area contributed by atoms with E-state index in [0.29, 0.717) is 18.4 Å². The monoisotopic (exact) mass is 372 g/mol. The summed E-state index contributed by atoms with van der Waals surface area (Å²) in [6.45, 7) is 4.44. The van der Waals surface area contributed by atoms with E-state index in [1.54, 1.807) is 6.07 Å². The summed E-state index contributed by atoms with van der Waals surface area (Å²) in [7, 11) is 0. The van der Waals surface area contributed by atoms with E-state index >= 15 is 0 Å². The molecule has 2 fully saturated rings. The molecule has 1 atom stereocenters. The Morgan fingerprint density at radius 3 is 2.74 bits per heavy atom. The zero-order valence-corrected chi connectivity index (χ0v) is 16.1. The van der Waals surface area contributed by atoms with Crippen molar-refractivity contribution in [3.8, 4) is 0 Å². The van der Waals surface area contributed by atoms with Crippen LogP contribution in [-0.4, -0.2) is 23.2 Å². The van der Waals surface area contributed by atoms with E-state index in [4.69, 9.17) is 4.52 Å². The predicted molar refractivity (Wildman–Crippen MR) is 103 cm³/mol. The van der Waals surface area contributed by atoms with E-state index < -0.39 is 0 Å². The second kappa shape index (κ2) is 8.38. The van der Waals surface area contributed by atoms with Crippen molar-refractivity contribution in [3.63, 3.8) is 0 Å². The van der Waals surface area contributed by atoms with E-state index in [1.165, 1.54) is 38.2 Å². The average molecular weight is 372 g/mol. The Kier molecular flexibility index (Phi) is 5.72. The van der Waals surface area contributed by atoms with Crippen LogP contribution in [0.5, 0.6) is 0 Å². The van der Waals surface area contributed by atoms with Gasteiger partial charge in [0.1, 0.15) is 5.82 Å². The zero-order valence-electron chi connectivity index (χ0n) is 16.1. The molecule has 0 bridgehead atoms. The topological polar surface area (TPSA) is 54.2 Å². The van der Waals surface area contributed by atoms with Gasteiger partial charge in [0.05, 0.1) is 6.04 Å². The SMILES string of the molecule is CC(NCc1c(F)cccc1N1CCCC1)c1nc(C2CCCCC2)no1. The molecule has 6 heteroatoms. The molecule has 1 saturated heterocycles. The van der Waals surface area contributed by atoms with Crippen molar-refractivity contribution in [2.45, 2.75) is 70.4 Å². The molecular formula is C21H29FN4O. The molecule has 2 aliphatic rings. The first-order valence-corrected chi connectivity index (χ1v) is 10.3. The second-order valence-corrected chi connectivity index (χ2v) is 7.86. The first kappa shape index (κ1) is 18.4. The number of nitrogens with one attached hydrogen (secondary N) is 1. The lowest BCUT2D eigenvalue weighted by molar-refractivity contribution is 0.328. The summed E-state index contributed by atoms with van der Waals surface area (Å²) in [5.74, 6) is 1.70. The molecule has 0 spiro atoms. The maximum absolute atomic E-state index is 14.5. The normalized spacial score (nSPS) is 19.6. The van der Waals surface area contributed by atoms with Gasteiger partial charge in [-0.1, -0.05) is 30.5 Å². The third kappa shape index (κ3) is 4.15. The van der Waals surface area contributed by atoms with Crippen LogP contribution in [0.1, 0.15) is 81.1 Å². The maximum Gasteiger partial charge on any atom is 0.243 e. The van der Waals surface area contributed by atoms with Crippen molar-refractivity contribution in [2.75, 3.05) is 18.0 Å². The van der Waals surface area contributed by atoms with Crippen LogP contribution < -0.4 is 10.2 Å². The minimum absolute atomic E-state index is 0.110. The summed E-state index contributed by atoms with van der Waals surface area (Å²) < 4.78 is 20.0. The fourth-order valence-corrected chi connectivity index (χ4v) is 4.27. The van der Waals surface area contributed by atoms with Gasteiger partial charge >= 0.3 is 0 Å². The Balaban J connectivity index is 1.42. The quantitative estimate of drug-likeness (QED) is 0.796. The van der Waals surface area contributed by atoms with Crippen LogP contribution in [0.25, 0.3) is 0 Å². The maximum atomic E-state index is 14.5. The minimum atomic E-state index is -0.160. The number of aromatic nitrogens is 2. The first-order chi connectivity index (χ1) is 13.2. The highest BCUT2D eigenvalue weighted by atomic mass is 19.1. The number of rotatable bonds is 6. The van der Waals surface area contributed by atoms with Crippen LogP contribution in [-0.2, 0) is 6.54 Å². The van der Waals surface area contributed by atoms with E-state index in [9.17, 15) is 4.39 Å². The molecule has 1 aromatic carbocycles. The van der Waals surface area contributed by atoms with Crippen molar-refractivity contribution >= 4 is 5.69 Å². The van der Waals surface area contributed by atoms with Gasteiger partial charge in [0.15, 0.2) is 5.82 Å². The smallest absolute Gasteiger partial charge is 0.243 e. The van der Waals surface area contributed by atoms with Gasteiger partial charge in [0.2, 0.25) is 5.89 Å². The Morgan fingerprint density at radius 1 is 1.19 bits per heavy atom. The average Bonchev–Trinajstić information content (AvgIpc) is 3.39. The third-order valence-corrected chi connectivity index (χ3v) is 5.92. The summed E-state index contributed by atoms with van der Waals surface area (Å²) in [6.07, 6.45) is 8.44. The lowest BCUT2D eigenvalue weighted by Gasteiger charge is -2.22. The molecule has 146 valence electrons. The summed E-state index contributed by atoms with van der Waals surface area (Å²) in [6, 6.07) is 5.24. The predicted octanol–water partition coefficient (Wildman–Crippen LogP) is 4.71. The molecule has 1 saturated carbocycles. The number of halogens is 1. The summed E-state index contributed by atoms with van der Waals surface area (Å²) in [5.41, 5.74) is 1.72. The zero-order chi connectivity index (χ0) is 18.6. The van der Waals surface area contributed by atoms with Crippen LogP contribution in [0.15, 0.2) is 22.7 Å². The largest absolute Gasteiger partial charge is 0.371 e.